The molecule has 39 heavy (non-hydrogen) atoms. The molecule has 0 saturated carbocycles. The number of aromatic nitrogens is 1. The second kappa shape index (κ2) is 11.4. The molecule has 0 radical (unpaired) electrons. The van der Waals surface area contributed by atoms with E-state index in [2.05, 4.69) is 42.3 Å². The lowest BCUT2D eigenvalue weighted by Gasteiger charge is -2.22. The van der Waals surface area contributed by atoms with Gasteiger partial charge in [0.25, 0.3) is 0 Å². The highest BCUT2D eigenvalue weighted by atomic mass is 16.4. The van der Waals surface area contributed by atoms with Gasteiger partial charge in [0.15, 0.2) is 0 Å². The maximum absolute atomic E-state index is 13.3. The lowest BCUT2D eigenvalue weighted by molar-refractivity contribution is -0.137. The summed E-state index contributed by atoms with van der Waals surface area (Å²) in [7, 11) is 0. The van der Waals surface area contributed by atoms with E-state index in [1.54, 1.807) is 24.5 Å². The van der Waals surface area contributed by atoms with Gasteiger partial charge in [-0.15, -0.1) is 0 Å². The number of benzene rings is 3. The molecule has 3 aromatic carbocycles. The average Bonchev–Trinajstić information content (AvgIpc) is 3.35. The second-order valence-electron chi connectivity index (χ2n) is 9.90. The van der Waals surface area contributed by atoms with Gasteiger partial charge in [-0.1, -0.05) is 60.2 Å². The summed E-state index contributed by atoms with van der Waals surface area (Å²) in [4.78, 5) is 28.9. The number of hydrogen-bond donors (Lipinski definition) is 2. The van der Waals surface area contributed by atoms with Gasteiger partial charge in [-0.25, -0.2) is 0 Å². The summed E-state index contributed by atoms with van der Waals surface area (Å²) < 4.78 is 6.06. The van der Waals surface area contributed by atoms with E-state index in [-0.39, 0.29) is 24.8 Å². The van der Waals surface area contributed by atoms with Crippen molar-refractivity contribution in [3.8, 4) is 0 Å². The Morgan fingerprint density at radius 1 is 0.897 bits per heavy atom. The Hall–Kier alpha value is -4.71. The number of carboxylic acids is 1. The number of rotatable bonds is 9. The SMILES string of the molecule is Cc1ccc([C@@H](NC(=O)Cc2ccc3oc(C(CC(=O)O)c4ccncc4)cc3c2)c2ccccc2)c(C)c1. The lowest BCUT2D eigenvalue weighted by Crippen LogP contribution is -2.31. The van der Waals surface area contributed by atoms with Gasteiger partial charge < -0.3 is 14.8 Å². The second-order valence-corrected chi connectivity index (χ2v) is 9.90. The summed E-state index contributed by atoms with van der Waals surface area (Å²) >= 11 is 0. The zero-order valence-corrected chi connectivity index (χ0v) is 21.9. The predicted octanol–water partition coefficient (Wildman–Crippen LogP) is 6.50. The number of nitrogens with zero attached hydrogens (tertiary/aromatic N) is 1. The van der Waals surface area contributed by atoms with Gasteiger partial charge in [-0.3, -0.25) is 14.6 Å². The summed E-state index contributed by atoms with van der Waals surface area (Å²) in [6, 6.07) is 27.1. The average molecular weight is 519 g/mol. The molecule has 0 aliphatic carbocycles. The Labute approximate surface area is 227 Å². The van der Waals surface area contributed by atoms with Crippen molar-refractivity contribution in [2.45, 2.75) is 38.6 Å². The third-order valence-corrected chi connectivity index (χ3v) is 6.97. The first kappa shape index (κ1) is 25.9. The molecule has 1 unspecified atom stereocenters. The zero-order valence-electron chi connectivity index (χ0n) is 21.9. The summed E-state index contributed by atoms with van der Waals surface area (Å²) in [6.07, 6.45) is 3.39. The summed E-state index contributed by atoms with van der Waals surface area (Å²) in [5.74, 6) is -0.868. The molecular formula is C33H30N2O4. The van der Waals surface area contributed by atoms with Gasteiger partial charge in [0.05, 0.1) is 24.8 Å². The van der Waals surface area contributed by atoms with Gasteiger partial charge >= 0.3 is 5.97 Å². The third-order valence-electron chi connectivity index (χ3n) is 6.97. The van der Waals surface area contributed by atoms with Crippen LogP contribution >= 0.6 is 0 Å². The molecule has 196 valence electrons. The van der Waals surface area contributed by atoms with Crippen LogP contribution in [0.5, 0.6) is 0 Å². The van der Waals surface area contributed by atoms with E-state index in [1.807, 2.05) is 54.6 Å². The van der Waals surface area contributed by atoms with Crippen molar-refractivity contribution in [1.29, 1.82) is 0 Å². The van der Waals surface area contributed by atoms with E-state index in [4.69, 9.17) is 4.42 Å². The number of aryl methyl sites for hydroxylation is 2. The van der Waals surface area contributed by atoms with Crippen molar-refractivity contribution in [2.75, 3.05) is 0 Å². The van der Waals surface area contributed by atoms with Crippen LogP contribution in [0.4, 0.5) is 0 Å². The number of nitrogens with one attached hydrogen (secondary N) is 1. The summed E-state index contributed by atoms with van der Waals surface area (Å²) in [5, 5.41) is 13.6. The van der Waals surface area contributed by atoms with Crippen LogP contribution in [0.1, 0.15) is 57.5 Å². The van der Waals surface area contributed by atoms with Crippen molar-refractivity contribution in [1.82, 2.24) is 10.3 Å². The van der Waals surface area contributed by atoms with Crippen LogP contribution in [-0.2, 0) is 16.0 Å². The molecule has 2 N–H and O–H groups in total. The quantitative estimate of drug-likeness (QED) is 0.232. The topological polar surface area (TPSA) is 92.4 Å². The zero-order chi connectivity index (χ0) is 27.4. The smallest absolute Gasteiger partial charge is 0.304 e. The molecule has 2 atom stereocenters. The normalized spacial score (nSPS) is 12.7. The van der Waals surface area contributed by atoms with Crippen molar-refractivity contribution in [3.05, 3.63) is 136 Å². The first-order valence-electron chi connectivity index (χ1n) is 12.9. The standard InChI is InChI=1S/C33H30N2O4/c1-21-8-10-27(22(2)16-21)33(25-6-4-3-5-7-25)35-31(36)18-23-9-11-29-26(17-23)19-30(39-29)28(20-32(37)38)24-12-14-34-15-13-24/h3-17,19,28,33H,18,20H2,1-2H3,(H,35,36)(H,37,38)/t28?,33-/m0/s1. The molecule has 6 nitrogen and oxygen atoms in total. The Morgan fingerprint density at radius 3 is 2.38 bits per heavy atom. The number of furan rings is 1. The number of carbonyl (C=O) groups excluding carboxylic acids is 1. The van der Waals surface area contributed by atoms with Gasteiger partial charge in [-0.05, 0) is 72.0 Å². The Balaban J connectivity index is 1.39. The first-order valence-corrected chi connectivity index (χ1v) is 12.9. The van der Waals surface area contributed by atoms with Gasteiger partial charge in [0.2, 0.25) is 5.91 Å². The van der Waals surface area contributed by atoms with Gasteiger partial charge in [0, 0.05) is 17.8 Å². The summed E-state index contributed by atoms with van der Waals surface area (Å²) in [6.45, 7) is 4.13. The van der Waals surface area contributed by atoms with Crippen LogP contribution < -0.4 is 5.32 Å². The fourth-order valence-corrected chi connectivity index (χ4v) is 5.08. The predicted molar refractivity (Wildman–Crippen MR) is 151 cm³/mol. The molecule has 0 fully saturated rings. The number of hydrogen-bond acceptors (Lipinski definition) is 4. The monoisotopic (exact) mass is 518 g/mol. The van der Waals surface area contributed by atoms with Crippen molar-refractivity contribution in [2.24, 2.45) is 0 Å². The van der Waals surface area contributed by atoms with Crippen molar-refractivity contribution >= 4 is 22.8 Å². The number of carboxylic acid groups (broad SMARTS) is 1. The van der Waals surface area contributed by atoms with E-state index >= 15 is 0 Å². The van der Waals surface area contributed by atoms with Crippen LogP contribution in [0, 0.1) is 13.8 Å². The minimum Gasteiger partial charge on any atom is -0.481 e. The first-order chi connectivity index (χ1) is 18.9. The minimum absolute atomic E-state index is 0.0903. The number of aliphatic carboxylic acids is 1. The Kier molecular flexibility index (Phi) is 7.55. The highest BCUT2D eigenvalue weighted by Gasteiger charge is 2.23. The van der Waals surface area contributed by atoms with Crippen LogP contribution in [0.25, 0.3) is 11.0 Å². The Bertz CT molecular complexity index is 1610. The molecular weight excluding hydrogens is 488 g/mol. The van der Waals surface area contributed by atoms with E-state index < -0.39 is 11.9 Å². The molecule has 0 aliphatic rings. The highest BCUT2D eigenvalue weighted by Crippen LogP contribution is 2.33. The van der Waals surface area contributed by atoms with E-state index in [1.165, 1.54) is 5.56 Å². The molecule has 6 heteroatoms. The van der Waals surface area contributed by atoms with Crippen LogP contribution in [0.2, 0.25) is 0 Å². The molecule has 2 heterocycles. The lowest BCUT2D eigenvalue weighted by atomic mass is 9.93. The minimum atomic E-state index is -0.911. The molecule has 0 aliphatic heterocycles. The van der Waals surface area contributed by atoms with Crippen LogP contribution in [-0.4, -0.2) is 22.0 Å². The van der Waals surface area contributed by atoms with E-state index in [9.17, 15) is 14.7 Å². The highest BCUT2D eigenvalue weighted by molar-refractivity contribution is 5.84. The third kappa shape index (κ3) is 6.07. The van der Waals surface area contributed by atoms with Crippen molar-refractivity contribution < 1.29 is 19.1 Å². The molecule has 5 rings (SSSR count). The number of pyridine rings is 1. The molecule has 5 aromatic rings. The number of fused-ring (bicyclic) bond motifs is 1. The number of carbonyl (C=O) groups is 2. The fraction of sp³-hybridized carbons (Fsp3) is 0.182. The molecule has 1 amide bonds. The fourth-order valence-electron chi connectivity index (χ4n) is 5.08. The number of amides is 1. The molecule has 0 spiro atoms. The van der Waals surface area contributed by atoms with Crippen LogP contribution in [0.15, 0.2) is 102 Å². The largest absolute Gasteiger partial charge is 0.481 e. The molecule has 0 bridgehead atoms. The maximum Gasteiger partial charge on any atom is 0.304 e. The van der Waals surface area contributed by atoms with Crippen molar-refractivity contribution in [3.63, 3.8) is 0 Å². The molecule has 2 aromatic heterocycles. The van der Waals surface area contributed by atoms with Gasteiger partial charge in [0.1, 0.15) is 11.3 Å². The van der Waals surface area contributed by atoms with E-state index in [0.717, 1.165) is 33.2 Å². The molecule has 0 saturated heterocycles. The van der Waals surface area contributed by atoms with Crippen LogP contribution in [0.3, 0.4) is 0 Å². The maximum atomic E-state index is 13.3. The van der Waals surface area contributed by atoms with E-state index in [0.29, 0.717) is 11.3 Å². The van der Waals surface area contributed by atoms with Gasteiger partial charge in [-0.2, -0.15) is 0 Å². The Morgan fingerprint density at radius 2 is 1.67 bits per heavy atom. The summed E-state index contributed by atoms with van der Waals surface area (Å²) in [5.41, 5.74) is 6.71.